The van der Waals surface area contributed by atoms with Gasteiger partial charge in [-0.15, -0.1) is 0 Å². The number of carbonyl (C=O) groups is 1. The zero-order valence-electron chi connectivity index (χ0n) is 12.4. The summed E-state index contributed by atoms with van der Waals surface area (Å²) in [6, 6.07) is 10.4. The van der Waals surface area contributed by atoms with E-state index in [9.17, 15) is 9.90 Å². The number of carbonyl (C=O) groups excluding carboxylic acids is 1. The van der Waals surface area contributed by atoms with Crippen molar-refractivity contribution >= 4 is 6.29 Å². The molecule has 4 nitrogen and oxygen atoms in total. The number of fused-ring (bicyclic) bond motifs is 1. The topological polar surface area (TPSA) is 55.8 Å². The average molecular weight is 296 g/mol. The molecule has 112 valence electrons. The minimum absolute atomic E-state index is 0.0532. The zero-order chi connectivity index (χ0) is 15.9. The summed E-state index contributed by atoms with van der Waals surface area (Å²) in [6.45, 7) is 7.57. The standard InChI is InChI=1S/C18H16O4/c1-11-21-17-5-4-13(9-16(17)18(2,3)22-11)14-6-12(10-19)7-15(20)8-14/h4-10,20H,1H2,2-3H3. The van der Waals surface area contributed by atoms with Crippen LogP contribution in [0, 0.1) is 0 Å². The summed E-state index contributed by atoms with van der Waals surface area (Å²) in [6.07, 6.45) is 0.710. The van der Waals surface area contributed by atoms with E-state index in [-0.39, 0.29) is 11.7 Å². The van der Waals surface area contributed by atoms with E-state index < -0.39 is 5.60 Å². The van der Waals surface area contributed by atoms with Crippen molar-refractivity contribution in [1.82, 2.24) is 0 Å². The number of hydrogen-bond donors (Lipinski definition) is 1. The molecule has 0 aromatic heterocycles. The van der Waals surface area contributed by atoms with Gasteiger partial charge in [0.2, 0.25) is 0 Å². The summed E-state index contributed by atoms with van der Waals surface area (Å²) in [7, 11) is 0. The SMILES string of the molecule is C=C1Oc2ccc(-c3cc(O)cc(C=O)c3)cc2C(C)(C)O1. The number of rotatable bonds is 2. The molecule has 0 spiro atoms. The highest BCUT2D eigenvalue weighted by Crippen LogP contribution is 2.41. The predicted octanol–water partition coefficient (Wildman–Crippen LogP) is 3.99. The van der Waals surface area contributed by atoms with E-state index in [0.29, 0.717) is 17.6 Å². The molecule has 0 atom stereocenters. The molecule has 0 fully saturated rings. The van der Waals surface area contributed by atoms with Gasteiger partial charge in [0.15, 0.2) is 0 Å². The smallest absolute Gasteiger partial charge is 0.277 e. The van der Waals surface area contributed by atoms with Crippen molar-refractivity contribution in [2.24, 2.45) is 0 Å². The number of phenols is 1. The highest BCUT2D eigenvalue weighted by Gasteiger charge is 2.32. The third kappa shape index (κ3) is 2.44. The number of phenolic OH excluding ortho intramolecular Hbond substituents is 1. The fourth-order valence-electron chi connectivity index (χ4n) is 2.62. The van der Waals surface area contributed by atoms with Gasteiger partial charge in [-0.3, -0.25) is 4.79 Å². The van der Waals surface area contributed by atoms with Crippen LogP contribution in [-0.4, -0.2) is 11.4 Å². The van der Waals surface area contributed by atoms with Crippen LogP contribution in [0.1, 0.15) is 29.8 Å². The normalized spacial score (nSPS) is 15.5. The molecule has 2 aromatic rings. The van der Waals surface area contributed by atoms with Crippen LogP contribution in [0.25, 0.3) is 11.1 Å². The molecule has 0 amide bonds. The van der Waals surface area contributed by atoms with Crippen molar-refractivity contribution in [2.45, 2.75) is 19.4 Å². The van der Waals surface area contributed by atoms with E-state index in [1.54, 1.807) is 12.1 Å². The van der Waals surface area contributed by atoms with Crippen LogP contribution in [0.5, 0.6) is 11.5 Å². The molecule has 1 N–H and O–H groups in total. The Labute approximate surface area is 128 Å². The second-order valence-corrected chi connectivity index (χ2v) is 5.73. The van der Waals surface area contributed by atoms with Gasteiger partial charge in [0.25, 0.3) is 5.95 Å². The van der Waals surface area contributed by atoms with Crippen molar-refractivity contribution in [3.8, 4) is 22.6 Å². The molecule has 0 unspecified atom stereocenters. The number of aldehydes is 1. The number of ether oxygens (including phenoxy) is 2. The lowest BCUT2D eigenvalue weighted by Gasteiger charge is -2.34. The molecular weight excluding hydrogens is 280 g/mol. The fraction of sp³-hybridized carbons (Fsp3) is 0.167. The van der Waals surface area contributed by atoms with Crippen molar-refractivity contribution < 1.29 is 19.4 Å². The minimum atomic E-state index is -0.564. The average Bonchev–Trinajstić information content (AvgIpc) is 2.45. The molecule has 2 aromatic carbocycles. The maximum absolute atomic E-state index is 11.0. The first-order chi connectivity index (χ1) is 10.4. The predicted molar refractivity (Wildman–Crippen MR) is 82.8 cm³/mol. The Morgan fingerprint density at radius 3 is 2.64 bits per heavy atom. The highest BCUT2D eigenvalue weighted by molar-refractivity contribution is 5.80. The van der Waals surface area contributed by atoms with Gasteiger partial charge in [0.05, 0.1) is 0 Å². The molecule has 0 radical (unpaired) electrons. The Kier molecular flexibility index (Phi) is 3.17. The summed E-state index contributed by atoms with van der Waals surface area (Å²) in [5.41, 5.74) is 2.36. The summed E-state index contributed by atoms with van der Waals surface area (Å²) in [4.78, 5) is 11.0. The van der Waals surface area contributed by atoms with Crippen LogP contribution in [0.2, 0.25) is 0 Å². The Balaban J connectivity index is 2.13. The van der Waals surface area contributed by atoms with Crippen LogP contribution >= 0.6 is 0 Å². The lowest BCUT2D eigenvalue weighted by atomic mass is 9.92. The Bertz CT molecular complexity index is 775. The van der Waals surface area contributed by atoms with E-state index in [2.05, 4.69) is 6.58 Å². The molecule has 22 heavy (non-hydrogen) atoms. The molecule has 1 heterocycles. The Morgan fingerprint density at radius 1 is 1.14 bits per heavy atom. The fourth-order valence-corrected chi connectivity index (χ4v) is 2.62. The van der Waals surface area contributed by atoms with Gasteiger partial charge in [0, 0.05) is 11.1 Å². The molecule has 0 aliphatic carbocycles. The van der Waals surface area contributed by atoms with Crippen LogP contribution < -0.4 is 4.74 Å². The van der Waals surface area contributed by atoms with E-state index in [4.69, 9.17) is 9.47 Å². The molecule has 0 bridgehead atoms. The quantitative estimate of drug-likeness (QED) is 0.851. The van der Waals surface area contributed by atoms with Crippen LogP contribution in [0.3, 0.4) is 0 Å². The third-order valence-corrected chi connectivity index (χ3v) is 3.63. The minimum Gasteiger partial charge on any atom is -0.508 e. The van der Waals surface area contributed by atoms with Gasteiger partial charge in [-0.25, -0.2) is 0 Å². The Hall–Kier alpha value is -2.75. The van der Waals surface area contributed by atoms with Gasteiger partial charge in [-0.1, -0.05) is 6.07 Å². The van der Waals surface area contributed by atoms with Crippen LogP contribution in [0.4, 0.5) is 0 Å². The van der Waals surface area contributed by atoms with E-state index in [1.165, 1.54) is 6.07 Å². The largest absolute Gasteiger partial charge is 0.508 e. The van der Waals surface area contributed by atoms with Crippen LogP contribution in [0.15, 0.2) is 48.9 Å². The first kappa shape index (κ1) is 14.2. The van der Waals surface area contributed by atoms with Gasteiger partial charge < -0.3 is 14.6 Å². The summed E-state index contributed by atoms with van der Waals surface area (Å²) in [5.74, 6) is 1.02. The van der Waals surface area contributed by atoms with E-state index >= 15 is 0 Å². The molecular formula is C18H16O4. The maximum atomic E-state index is 11.0. The lowest BCUT2D eigenvalue weighted by molar-refractivity contribution is -0.0429. The summed E-state index contributed by atoms with van der Waals surface area (Å²) >= 11 is 0. The van der Waals surface area contributed by atoms with Crippen molar-refractivity contribution in [1.29, 1.82) is 0 Å². The summed E-state index contributed by atoms with van der Waals surface area (Å²) < 4.78 is 11.1. The van der Waals surface area contributed by atoms with Gasteiger partial charge >= 0.3 is 0 Å². The maximum Gasteiger partial charge on any atom is 0.277 e. The van der Waals surface area contributed by atoms with Crippen LogP contribution in [-0.2, 0) is 10.3 Å². The monoisotopic (exact) mass is 296 g/mol. The van der Waals surface area contributed by atoms with Gasteiger partial charge in [-0.05, 0) is 61.9 Å². The Morgan fingerprint density at radius 2 is 1.91 bits per heavy atom. The molecule has 4 heteroatoms. The van der Waals surface area contributed by atoms with Gasteiger partial charge in [0.1, 0.15) is 23.4 Å². The van der Waals surface area contributed by atoms with E-state index in [0.717, 1.165) is 16.7 Å². The molecule has 1 aliphatic heterocycles. The second-order valence-electron chi connectivity index (χ2n) is 5.73. The third-order valence-electron chi connectivity index (χ3n) is 3.63. The zero-order valence-corrected chi connectivity index (χ0v) is 12.4. The van der Waals surface area contributed by atoms with E-state index in [1.807, 2.05) is 32.0 Å². The molecule has 1 aliphatic rings. The molecule has 0 saturated carbocycles. The van der Waals surface area contributed by atoms with Crippen molar-refractivity contribution in [3.63, 3.8) is 0 Å². The number of benzene rings is 2. The second kappa shape index (κ2) is 4.91. The molecule has 0 saturated heterocycles. The number of hydrogen-bond acceptors (Lipinski definition) is 4. The number of aromatic hydroxyl groups is 1. The first-order valence-corrected chi connectivity index (χ1v) is 6.89. The lowest BCUT2D eigenvalue weighted by Crippen LogP contribution is -2.28. The molecule has 3 rings (SSSR count). The van der Waals surface area contributed by atoms with Gasteiger partial charge in [-0.2, -0.15) is 0 Å². The first-order valence-electron chi connectivity index (χ1n) is 6.89. The summed E-state index contributed by atoms with van der Waals surface area (Å²) in [5, 5.41) is 9.74. The van der Waals surface area contributed by atoms with Crippen molar-refractivity contribution in [2.75, 3.05) is 0 Å². The highest BCUT2D eigenvalue weighted by atomic mass is 16.7. The van der Waals surface area contributed by atoms with Crippen molar-refractivity contribution in [3.05, 3.63) is 60.0 Å².